The molecule has 1 heterocycles. The summed E-state index contributed by atoms with van der Waals surface area (Å²) in [7, 11) is 0. The van der Waals surface area contributed by atoms with Crippen LogP contribution in [-0.2, 0) is 48.3 Å². The SMILES string of the molecule is CCOC(=O)C(=CN[C@@H]1O[C@H](COC(c2ccccc2)(c2ccccc2)c2ccccc2)[C@@H](OC(=O)c2ccccc2)[C@H](OC(=O)c2ccccc2)[C@H]1OC(=O)c1ccccc1)C(=O)OCC. The number of esters is 5. The van der Waals surface area contributed by atoms with Crippen molar-refractivity contribution in [2.75, 3.05) is 19.8 Å². The Hall–Kier alpha value is -7.87. The van der Waals surface area contributed by atoms with Crippen LogP contribution in [-0.4, -0.2) is 80.3 Å². The topological polar surface area (TPSA) is 162 Å². The number of hydrogen-bond acceptors (Lipinski definition) is 13. The van der Waals surface area contributed by atoms with Gasteiger partial charge in [-0.25, -0.2) is 24.0 Å². The second kappa shape index (κ2) is 22.8. The van der Waals surface area contributed by atoms with Crippen LogP contribution in [0.15, 0.2) is 194 Å². The van der Waals surface area contributed by atoms with Gasteiger partial charge in [-0.15, -0.1) is 0 Å². The minimum Gasteiger partial charge on any atom is -0.462 e. The lowest BCUT2D eigenvalue weighted by atomic mass is 9.80. The summed E-state index contributed by atoms with van der Waals surface area (Å²) >= 11 is 0. The summed E-state index contributed by atoms with van der Waals surface area (Å²) in [6, 6.07) is 52.9. The van der Waals surface area contributed by atoms with Crippen LogP contribution in [0.2, 0.25) is 0 Å². The Morgan fingerprint density at radius 3 is 1.21 bits per heavy atom. The van der Waals surface area contributed by atoms with Crippen LogP contribution in [0.5, 0.6) is 0 Å². The lowest BCUT2D eigenvalue weighted by Crippen LogP contribution is -2.65. The molecule has 0 aliphatic carbocycles. The van der Waals surface area contributed by atoms with Crippen molar-refractivity contribution in [3.63, 3.8) is 0 Å². The molecule has 1 fully saturated rings. The Kier molecular flexibility index (Phi) is 16.1. The fourth-order valence-corrected chi connectivity index (χ4v) is 7.65. The molecule has 13 heteroatoms. The van der Waals surface area contributed by atoms with Gasteiger partial charge in [0.05, 0.1) is 36.5 Å². The molecule has 0 amide bonds. The van der Waals surface area contributed by atoms with Gasteiger partial charge < -0.3 is 38.5 Å². The maximum atomic E-state index is 14.3. The molecular formula is C54H49NO12. The van der Waals surface area contributed by atoms with Crippen molar-refractivity contribution in [1.29, 1.82) is 0 Å². The van der Waals surface area contributed by atoms with E-state index in [1.807, 2.05) is 91.0 Å². The standard InChI is InChI=1S/C54H49NO12/c1-3-61-52(59)43(53(60)62-4-2)35-55-48-47(67-51(58)39-27-15-7-16-28-39)46(66-50(57)38-25-13-6-14-26-38)45(65-49(56)37-23-11-5-12-24-37)44(64-48)36-63-54(40-29-17-8-18-30-40,41-31-19-9-20-32-41)42-33-21-10-22-34-42/h5-35,44-48,55H,3-4,36H2,1-2H3/t44-,45-,46+,47-,48-/m1/s1. The molecule has 1 saturated heterocycles. The first-order valence-corrected chi connectivity index (χ1v) is 21.8. The zero-order valence-electron chi connectivity index (χ0n) is 36.8. The Balaban J connectivity index is 1.41. The van der Waals surface area contributed by atoms with E-state index in [0.29, 0.717) is 0 Å². The van der Waals surface area contributed by atoms with Gasteiger partial charge in [-0.1, -0.05) is 146 Å². The summed E-state index contributed by atoms with van der Waals surface area (Å²) in [4.78, 5) is 69.1. The number of nitrogens with one attached hydrogen (secondary N) is 1. The molecule has 1 N–H and O–H groups in total. The van der Waals surface area contributed by atoms with Gasteiger partial charge in [0.15, 0.2) is 30.1 Å². The van der Waals surface area contributed by atoms with E-state index in [4.69, 9.17) is 33.2 Å². The van der Waals surface area contributed by atoms with Gasteiger partial charge in [0.25, 0.3) is 0 Å². The highest BCUT2D eigenvalue weighted by atomic mass is 16.7. The number of ether oxygens (including phenoxy) is 7. The predicted octanol–water partition coefficient (Wildman–Crippen LogP) is 8.00. The Morgan fingerprint density at radius 1 is 0.493 bits per heavy atom. The molecule has 0 saturated carbocycles. The van der Waals surface area contributed by atoms with Gasteiger partial charge in [0, 0.05) is 6.20 Å². The summed E-state index contributed by atoms with van der Waals surface area (Å²) in [5.74, 6) is -4.55. The summed E-state index contributed by atoms with van der Waals surface area (Å²) in [6.45, 7) is 2.65. The van der Waals surface area contributed by atoms with Crippen LogP contribution in [0.1, 0.15) is 61.6 Å². The third-order valence-electron chi connectivity index (χ3n) is 10.8. The van der Waals surface area contributed by atoms with E-state index in [2.05, 4.69) is 5.32 Å². The number of benzene rings is 6. The minimum atomic E-state index is -1.64. The number of carbonyl (C=O) groups excluding carboxylic acids is 5. The van der Waals surface area contributed by atoms with E-state index in [9.17, 15) is 24.0 Å². The summed E-state index contributed by atoms with van der Waals surface area (Å²) < 4.78 is 43.3. The normalized spacial score (nSPS) is 17.7. The number of carbonyl (C=O) groups is 5. The molecule has 0 unspecified atom stereocenters. The van der Waals surface area contributed by atoms with E-state index in [1.165, 1.54) is 24.3 Å². The Morgan fingerprint density at radius 2 is 0.836 bits per heavy atom. The smallest absolute Gasteiger partial charge is 0.347 e. The highest BCUT2D eigenvalue weighted by Gasteiger charge is 2.54. The highest BCUT2D eigenvalue weighted by molar-refractivity contribution is 6.14. The molecule has 0 radical (unpaired) electrons. The van der Waals surface area contributed by atoms with Crippen molar-refractivity contribution in [2.24, 2.45) is 0 Å². The molecular weight excluding hydrogens is 855 g/mol. The number of rotatable bonds is 18. The number of hydrogen-bond donors (Lipinski definition) is 1. The summed E-state index contributed by atoms with van der Waals surface area (Å²) in [6.07, 6.45) is -6.70. The first-order valence-electron chi connectivity index (χ1n) is 21.8. The molecule has 0 aromatic heterocycles. The fraction of sp³-hybridized carbons (Fsp3) is 0.204. The predicted molar refractivity (Wildman–Crippen MR) is 245 cm³/mol. The van der Waals surface area contributed by atoms with Gasteiger partial charge in [-0.05, 0) is 66.9 Å². The molecule has 67 heavy (non-hydrogen) atoms. The average molecular weight is 904 g/mol. The molecule has 5 atom stereocenters. The molecule has 1 aliphatic heterocycles. The molecule has 0 spiro atoms. The fourth-order valence-electron chi connectivity index (χ4n) is 7.65. The maximum absolute atomic E-state index is 14.3. The minimum absolute atomic E-state index is 0.0653. The van der Waals surface area contributed by atoms with Crippen LogP contribution in [0.25, 0.3) is 0 Å². The van der Waals surface area contributed by atoms with E-state index in [-0.39, 0.29) is 36.5 Å². The second-order valence-corrected chi connectivity index (χ2v) is 15.1. The lowest BCUT2D eigenvalue weighted by molar-refractivity contribution is -0.241. The molecule has 7 rings (SSSR count). The first kappa shape index (κ1) is 47.1. The van der Waals surface area contributed by atoms with Crippen LogP contribution in [0.4, 0.5) is 0 Å². The van der Waals surface area contributed by atoms with Crippen molar-refractivity contribution in [2.45, 2.75) is 50.1 Å². The Bertz CT molecular complexity index is 2480. The van der Waals surface area contributed by atoms with Crippen molar-refractivity contribution >= 4 is 29.8 Å². The lowest BCUT2D eigenvalue weighted by Gasteiger charge is -2.46. The average Bonchev–Trinajstić information content (AvgIpc) is 3.37. The third-order valence-corrected chi connectivity index (χ3v) is 10.8. The van der Waals surface area contributed by atoms with Gasteiger partial charge in [0.2, 0.25) is 0 Å². The molecule has 13 nitrogen and oxygen atoms in total. The first-order chi connectivity index (χ1) is 32.7. The van der Waals surface area contributed by atoms with E-state index in [0.717, 1.165) is 22.9 Å². The van der Waals surface area contributed by atoms with E-state index in [1.54, 1.807) is 80.6 Å². The quantitative estimate of drug-likeness (QED) is 0.0221. The van der Waals surface area contributed by atoms with Gasteiger partial charge in [0.1, 0.15) is 11.7 Å². The van der Waals surface area contributed by atoms with E-state index < -0.39 is 71.7 Å². The van der Waals surface area contributed by atoms with Gasteiger partial charge in [-0.3, -0.25) is 0 Å². The maximum Gasteiger partial charge on any atom is 0.347 e. The third kappa shape index (κ3) is 11.3. The van der Waals surface area contributed by atoms with Crippen LogP contribution in [0, 0.1) is 0 Å². The van der Waals surface area contributed by atoms with Crippen molar-refractivity contribution < 1.29 is 57.1 Å². The summed E-state index contributed by atoms with van der Waals surface area (Å²) in [5.41, 5.74) is 0.798. The molecule has 6 aromatic rings. The molecule has 342 valence electrons. The van der Waals surface area contributed by atoms with Crippen molar-refractivity contribution in [1.82, 2.24) is 5.32 Å². The largest absolute Gasteiger partial charge is 0.462 e. The van der Waals surface area contributed by atoms with Crippen molar-refractivity contribution in [3.8, 4) is 0 Å². The molecule has 1 aliphatic rings. The van der Waals surface area contributed by atoms with Crippen molar-refractivity contribution in [3.05, 3.63) is 227 Å². The second-order valence-electron chi connectivity index (χ2n) is 15.1. The molecule has 0 bridgehead atoms. The van der Waals surface area contributed by atoms with Gasteiger partial charge >= 0.3 is 29.8 Å². The van der Waals surface area contributed by atoms with Crippen LogP contribution < -0.4 is 5.32 Å². The Labute approximate surface area is 388 Å². The summed E-state index contributed by atoms with van der Waals surface area (Å²) in [5, 5.41) is 2.93. The zero-order chi connectivity index (χ0) is 47.0. The highest BCUT2D eigenvalue weighted by Crippen LogP contribution is 2.42. The van der Waals surface area contributed by atoms with Crippen LogP contribution in [0.3, 0.4) is 0 Å². The zero-order valence-corrected chi connectivity index (χ0v) is 36.8. The van der Waals surface area contributed by atoms with E-state index >= 15 is 0 Å². The van der Waals surface area contributed by atoms with Gasteiger partial charge in [-0.2, -0.15) is 0 Å². The monoisotopic (exact) mass is 903 g/mol. The van der Waals surface area contributed by atoms with Crippen LogP contribution >= 0.6 is 0 Å². The molecule has 6 aromatic carbocycles.